The van der Waals surface area contributed by atoms with Gasteiger partial charge in [0.15, 0.2) is 0 Å². The zero-order valence-electron chi connectivity index (χ0n) is 13.9. The van der Waals surface area contributed by atoms with Gasteiger partial charge in [0.2, 0.25) is 0 Å². The van der Waals surface area contributed by atoms with Crippen LogP contribution in [0.3, 0.4) is 0 Å². The monoisotopic (exact) mass is 388 g/mol. The van der Waals surface area contributed by atoms with E-state index in [1.54, 1.807) is 0 Å². The number of hydrogen-bond donors (Lipinski definition) is 2. The molecule has 6 nitrogen and oxygen atoms in total. The highest BCUT2D eigenvalue weighted by atomic mass is 35.5. The zero-order valence-corrected chi connectivity index (χ0v) is 14.7. The van der Waals surface area contributed by atoms with Gasteiger partial charge in [0.25, 0.3) is 5.91 Å². The summed E-state index contributed by atoms with van der Waals surface area (Å²) in [6.07, 6.45) is -4.60. The quantitative estimate of drug-likeness (QED) is 0.740. The largest absolute Gasteiger partial charge is 0.418 e. The van der Waals surface area contributed by atoms with Crippen molar-refractivity contribution in [2.45, 2.75) is 13.1 Å². The van der Waals surface area contributed by atoms with E-state index < -0.39 is 17.6 Å². The molecule has 0 aliphatic heterocycles. The molecule has 140 valence electrons. The normalized spacial score (nSPS) is 11.3. The Balaban J connectivity index is 2.29. The second kappa shape index (κ2) is 8.33. The SMILES string of the molecule is COCCNC(=O)c1cc(Nc2ccc(Cl)cc2C(F)(F)F)nc(C)n1. The third kappa shape index (κ3) is 5.30. The van der Waals surface area contributed by atoms with Crippen LogP contribution in [0.25, 0.3) is 0 Å². The Labute approximate surface area is 152 Å². The first-order valence-electron chi connectivity index (χ1n) is 7.47. The van der Waals surface area contributed by atoms with Gasteiger partial charge in [-0.2, -0.15) is 13.2 Å². The maximum Gasteiger partial charge on any atom is 0.418 e. The average Bonchev–Trinajstić information content (AvgIpc) is 2.55. The summed E-state index contributed by atoms with van der Waals surface area (Å²) < 4.78 is 44.4. The predicted molar refractivity (Wildman–Crippen MR) is 90.7 cm³/mol. The van der Waals surface area contributed by atoms with Crippen molar-refractivity contribution in [3.63, 3.8) is 0 Å². The highest BCUT2D eigenvalue weighted by molar-refractivity contribution is 6.30. The summed E-state index contributed by atoms with van der Waals surface area (Å²) in [6.45, 7) is 2.13. The number of carbonyl (C=O) groups excluding carboxylic acids is 1. The van der Waals surface area contributed by atoms with Crippen LogP contribution in [-0.4, -0.2) is 36.1 Å². The van der Waals surface area contributed by atoms with Crippen LogP contribution in [-0.2, 0) is 10.9 Å². The van der Waals surface area contributed by atoms with Crippen LogP contribution in [0.1, 0.15) is 21.9 Å². The van der Waals surface area contributed by atoms with E-state index in [0.717, 1.165) is 6.07 Å². The van der Waals surface area contributed by atoms with Crippen LogP contribution in [0.4, 0.5) is 24.7 Å². The number of nitrogens with one attached hydrogen (secondary N) is 2. The summed E-state index contributed by atoms with van der Waals surface area (Å²) in [7, 11) is 1.49. The van der Waals surface area contributed by atoms with Crippen LogP contribution < -0.4 is 10.6 Å². The molecule has 0 fully saturated rings. The van der Waals surface area contributed by atoms with Crippen molar-refractivity contribution in [3.05, 3.63) is 46.4 Å². The van der Waals surface area contributed by atoms with Crippen LogP contribution in [0.2, 0.25) is 5.02 Å². The van der Waals surface area contributed by atoms with E-state index in [-0.39, 0.29) is 34.6 Å². The van der Waals surface area contributed by atoms with E-state index >= 15 is 0 Å². The number of benzene rings is 1. The summed E-state index contributed by atoms with van der Waals surface area (Å²) in [5.74, 6) is -0.195. The number of rotatable bonds is 6. The van der Waals surface area contributed by atoms with Gasteiger partial charge in [0, 0.05) is 24.7 Å². The van der Waals surface area contributed by atoms with Crippen LogP contribution >= 0.6 is 11.6 Å². The molecule has 1 heterocycles. The summed E-state index contributed by atoms with van der Waals surface area (Å²) in [4.78, 5) is 20.1. The van der Waals surface area contributed by atoms with Gasteiger partial charge in [-0.15, -0.1) is 0 Å². The second-order valence-corrected chi connectivity index (χ2v) is 5.68. The van der Waals surface area contributed by atoms with Crippen molar-refractivity contribution in [3.8, 4) is 0 Å². The number of anilines is 2. The number of amides is 1. The van der Waals surface area contributed by atoms with Gasteiger partial charge in [-0.25, -0.2) is 9.97 Å². The Morgan fingerprint density at radius 1 is 1.27 bits per heavy atom. The lowest BCUT2D eigenvalue weighted by atomic mass is 10.1. The molecule has 1 aromatic heterocycles. The number of halogens is 4. The number of ether oxygens (including phenoxy) is 1. The molecule has 0 aliphatic rings. The summed E-state index contributed by atoms with van der Waals surface area (Å²) in [5, 5.41) is 5.12. The van der Waals surface area contributed by atoms with Gasteiger partial charge < -0.3 is 15.4 Å². The van der Waals surface area contributed by atoms with Gasteiger partial charge in [0.1, 0.15) is 17.3 Å². The molecule has 26 heavy (non-hydrogen) atoms. The van der Waals surface area contributed by atoms with E-state index in [1.807, 2.05) is 0 Å². The molecule has 2 aromatic rings. The van der Waals surface area contributed by atoms with Gasteiger partial charge in [0.05, 0.1) is 17.9 Å². The smallest absolute Gasteiger partial charge is 0.383 e. The molecule has 0 saturated heterocycles. The Hall–Kier alpha value is -2.39. The van der Waals surface area contributed by atoms with E-state index in [4.69, 9.17) is 16.3 Å². The summed E-state index contributed by atoms with van der Waals surface area (Å²) in [5.41, 5.74) is -1.14. The highest BCUT2D eigenvalue weighted by Crippen LogP contribution is 2.37. The third-order valence-electron chi connectivity index (χ3n) is 3.21. The van der Waals surface area contributed by atoms with Crippen molar-refractivity contribution >= 4 is 29.0 Å². The fraction of sp³-hybridized carbons (Fsp3) is 0.312. The Morgan fingerprint density at radius 2 is 2.00 bits per heavy atom. The van der Waals surface area contributed by atoms with Crippen molar-refractivity contribution in [2.24, 2.45) is 0 Å². The summed E-state index contributed by atoms with van der Waals surface area (Å²) in [6, 6.07) is 4.60. The van der Waals surface area contributed by atoms with Crippen LogP contribution in [0.5, 0.6) is 0 Å². The minimum absolute atomic E-state index is 0.0265. The van der Waals surface area contributed by atoms with E-state index in [0.29, 0.717) is 6.61 Å². The predicted octanol–water partition coefficient (Wildman–Crippen LogP) is 3.58. The molecule has 10 heteroatoms. The molecule has 0 spiro atoms. The molecule has 1 aromatic carbocycles. The number of alkyl halides is 3. The Bertz CT molecular complexity index is 800. The molecule has 0 radical (unpaired) electrons. The molecule has 2 rings (SSSR count). The number of hydrogen-bond acceptors (Lipinski definition) is 5. The van der Waals surface area contributed by atoms with Crippen LogP contribution in [0, 0.1) is 6.92 Å². The zero-order chi connectivity index (χ0) is 19.3. The maximum absolute atomic E-state index is 13.2. The minimum atomic E-state index is -4.60. The van der Waals surface area contributed by atoms with Crippen molar-refractivity contribution in [2.75, 3.05) is 25.6 Å². The third-order valence-corrected chi connectivity index (χ3v) is 3.45. The van der Waals surface area contributed by atoms with E-state index in [1.165, 1.54) is 32.2 Å². The molecule has 2 N–H and O–H groups in total. The minimum Gasteiger partial charge on any atom is -0.383 e. The first kappa shape index (κ1) is 19.9. The highest BCUT2D eigenvalue weighted by Gasteiger charge is 2.34. The van der Waals surface area contributed by atoms with Gasteiger partial charge in [-0.3, -0.25) is 4.79 Å². The lowest BCUT2D eigenvalue weighted by Gasteiger charge is -2.15. The number of methoxy groups -OCH3 is 1. The molecule has 0 saturated carbocycles. The molecule has 1 amide bonds. The Kier molecular flexibility index (Phi) is 6.38. The molecule has 0 aliphatic carbocycles. The number of aryl methyl sites for hydroxylation is 1. The van der Waals surface area contributed by atoms with Crippen LogP contribution in [0.15, 0.2) is 24.3 Å². The molecule has 0 bridgehead atoms. The topological polar surface area (TPSA) is 76.1 Å². The van der Waals surface area contributed by atoms with Crippen molar-refractivity contribution < 1.29 is 22.7 Å². The fourth-order valence-electron chi connectivity index (χ4n) is 2.10. The van der Waals surface area contributed by atoms with E-state index in [2.05, 4.69) is 20.6 Å². The van der Waals surface area contributed by atoms with Crippen molar-refractivity contribution in [1.82, 2.24) is 15.3 Å². The summed E-state index contributed by atoms with van der Waals surface area (Å²) >= 11 is 5.66. The molecule has 0 atom stereocenters. The number of carbonyl (C=O) groups is 1. The number of aromatic nitrogens is 2. The average molecular weight is 389 g/mol. The van der Waals surface area contributed by atoms with Gasteiger partial charge in [-0.05, 0) is 25.1 Å². The second-order valence-electron chi connectivity index (χ2n) is 5.25. The van der Waals surface area contributed by atoms with Gasteiger partial charge in [-0.1, -0.05) is 11.6 Å². The maximum atomic E-state index is 13.2. The molecular formula is C16H16ClF3N4O2. The lowest BCUT2D eigenvalue weighted by Crippen LogP contribution is -2.28. The van der Waals surface area contributed by atoms with Gasteiger partial charge >= 0.3 is 6.18 Å². The van der Waals surface area contributed by atoms with E-state index in [9.17, 15) is 18.0 Å². The van der Waals surface area contributed by atoms with Crippen molar-refractivity contribution in [1.29, 1.82) is 0 Å². The molecular weight excluding hydrogens is 373 g/mol. The molecule has 0 unspecified atom stereocenters. The fourth-order valence-corrected chi connectivity index (χ4v) is 2.28. The lowest BCUT2D eigenvalue weighted by molar-refractivity contribution is -0.136. The first-order chi connectivity index (χ1) is 12.2. The first-order valence-corrected chi connectivity index (χ1v) is 7.85. The Morgan fingerprint density at radius 3 is 2.65 bits per heavy atom. The number of nitrogens with zero attached hydrogens (tertiary/aromatic N) is 2. The standard InChI is InChI=1S/C16H16ClF3N4O2/c1-9-22-13(15(25)21-5-6-26-2)8-14(23-9)24-12-4-3-10(17)7-11(12)16(18,19)20/h3-4,7-8H,5-6H2,1-2H3,(H,21,25)(H,22,23,24).